The van der Waals surface area contributed by atoms with E-state index in [4.69, 9.17) is 4.74 Å². The molecule has 4 aromatic rings. The lowest BCUT2D eigenvalue weighted by molar-refractivity contribution is -0.118. The fourth-order valence-electron chi connectivity index (χ4n) is 2.92. The summed E-state index contributed by atoms with van der Waals surface area (Å²) in [6.45, 7) is 2.55. The molecule has 32 heavy (non-hydrogen) atoms. The van der Waals surface area contributed by atoms with Crippen molar-refractivity contribution in [1.29, 1.82) is 0 Å². The summed E-state index contributed by atoms with van der Waals surface area (Å²) in [4.78, 5) is 13.2. The van der Waals surface area contributed by atoms with Crippen LogP contribution in [0.25, 0.3) is 17.1 Å². The minimum Gasteiger partial charge on any atom is -0.494 e. The van der Waals surface area contributed by atoms with Gasteiger partial charge in [0, 0.05) is 16.1 Å². The summed E-state index contributed by atoms with van der Waals surface area (Å²) in [6, 6.07) is 21.4. The summed E-state index contributed by atoms with van der Waals surface area (Å²) < 4.78 is 7.50. The highest BCUT2D eigenvalue weighted by Gasteiger charge is 2.17. The molecule has 1 N–H and O–H groups in total. The first-order valence-electron chi connectivity index (χ1n) is 9.97. The summed E-state index contributed by atoms with van der Waals surface area (Å²) in [6.07, 6.45) is 1.63. The van der Waals surface area contributed by atoms with E-state index in [1.807, 2.05) is 83.6 Å². The topological polar surface area (TPSA) is 81.4 Å². The Morgan fingerprint density at radius 1 is 1.12 bits per heavy atom. The monoisotopic (exact) mass is 463 g/mol. The van der Waals surface area contributed by atoms with Crippen LogP contribution in [-0.2, 0) is 4.79 Å². The van der Waals surface area contributed by atoms with Crippen molar-refractivity contribution in [1.82, 2.24) is 20.2 Å². The van der Waals surface area contributed by atoms with E-state index in [9.17, 15) is 4.79 Å². The van der Waals surface area contributed by atoms with Gasteiger partial charge in [0.15, 0.2) is 11.0 Å². The van der Waals surface area contributed by atoms with Gasteiger partial charge in [-0.15, -0.1) is 21.5 Å². The van der Waals surface area contributed by atoms with Crippen LogP contribution in [0, 0.1) is 0 Å². The first kappa shape index (κ1) is 21.8. The van der Waals surface area contributed by atoms with Gasteiger partial charge in [0.25, 0.3) is 5.91 Å². The zero-order valence-corrected chi connectivity index (χ0v) is 19.0. The van der Waals surface area contributed by atoms with E-state index >= 15 is 0 Å². The molecule has 162 valence electrons. The molecule has 0 atom stereocenters. The Morgan fingerprint density at radius 3 is 2.66 bits per heavy atom. The molecule has 1 amide bonds. The number of nitrogens with zero attached hydrogens (tertiary/aromatic N) is 4. The number of thiophene rings is 1. The molecule has 9 heteroatoms. The number of benzene rings is 2. The molecule has 2 aromatic carbocycles. The van der Waals surface area contributed by atoms with Crippen LogP contribution in [0.1, 0.15) is 11.8 Å². The van der Waals surface area contributed by atoms with Crippen LogP contribution < -0.4 is 10.2 Å². The van der Waals surface area contributed by atoms with E-state index in [1.165, 1.54) is 11.8 Å². The third-order valence-corrected chi connectivity index (χ3v) is 6.06. The summed E-state index contributed by atoms with van der Waals surface area (Å²) in [5.74, 6) is 1.44. The molecule has 0 unspecified atom stereocenters. The van der Waals surface area contributed by atoms with Crippen molar-refractivity contribution in [2.75, 3.05) is 12.4 Å². The molecular formula is C23H21N5O2S2. The molecule has 2 heterocycles. The number of hydrazone groups is 1. The lowest BCUT2D eigenvalue weighted by Crippen LogP contribution is -2.19. The molecule has 0 saturated carbocycles. The largest absolute Gasteiger partial charge is 0.494 e. The smallest absolute Gasteiger partial charge is 0.250 e. The Hall–Kier alpha value is -3.43. The maximum Gasteiger partial charge on any atom is 0.250 e. The van der Waals surface area contributed by atoms with Crippen LogP contribution in [0.4, 0.5) is 0 Å². The second-order valence-corrected chi connectivity index (χ2v) is 8.45. The van der Waals surface area contributed by atoms with E-state index in [0.717, 1.165) is 21.9 Å². The number of carbonyl (C=O) groups is 1. The van der Waals surface area contributed by atoms with Crippen molar-refractivity contribution < 1.29 is 9.53 Å². The number of rotatable bonds is 9. The first-order valence-corrected chi connectivity index (χ1v) is 11.8. The predicted octanol–water partition coefficient (Wildman–Crippen LogP) is 4.64. The minimum absolute atomic E-state index is 0.158. The standard InChI is InChI=1S/C23H21N5O2S2/c1-2-30-19-12-10-18(11-13-19)28-22(17-7-4-3-5-8-17)26-27-23(28)32-16-21(29)25-24-15-20-9-6-14-31-20/h3-15H,2,16H2,1H3,(H,25,29)/b24-15+. The van der Waals surface area contributed by atoms with E-state index in [-0.39, 0.29) is 11.7 Å². The summed E-state index contributed by atoms with van der Waals surface area (Å²) in [5.41, 5.74) is 4.37. The van der Waals surface area contributed by atoms with Crippen LogP contribution >= 0.6 is 23.1 Å². The summed E-state index contributed by atoms with van der Waals surface area (Å²) in [7, 11) is 0. The minimum atomic E-state index is -0.217. The molecule has 0 spiro atoms. The van der Waals surface area contributed by atoms with Crippen LogP contribution in [0.3, 0.4) is 0 Å². The molecule has 0 aliphatic carbocycles. The quantitative estimate of drug-likeness (QED) is 0.222. The fourth-order valence-corrected chi connectivity index (χ4v) is 4.25. The first-order chi connectivity index (χ1) is 15.7. The van der Waals surface area contributed by atoms with Crippen molar-refractivity contribution in [3.8, 4) is 22.8 Å². The van der Waals surface area contributed by atoms with E-state index < -0.39 is 0 Å². The molecule has 0 bridgehead atoms. The molecule has 0 aliphatic rings. The second-order valence-electron chi connectivity index (χ2n) is 6.53. The van der Waals surface area contributed by atoms with Gasteiger partial charge in [0.05, 0.1) is 18.6 Å². The van der Waals surface area contributed by atoms with Crippen molar-refractivity contribution in [2.24, 2.45) is 5.10 Å². The highest BCUT2D eigenvalue weighted by atomic mass is 32.2. The highest BCUT2D eigenvalue weighted by molar-refractivity contribution is 7.99. The zero-order valence-electron chi connectivity index (χ0n) is 17.3. The van der Waals surface area contributed by atoms with Gasteiger partial charge in [-0.05, 0) is 42.6 Å². The van der Waals surface area contributed by atoms with E-state index in [2.05, 4.69) is 20.7 Å². The average molecular weight is 464 g/mol. The molecule has 4 rings (SSSR count). The number of ether oxygens (including phenoxy) is 1. The maximum atomic E-state index is 12.3. The number of nitrogens with one attached hydrogen (secondary N) is 1. The number of hydrogen-bond acceptors (Lipinski definition) is 7. The van der Waals surface area contributed by atoms with Crippen LogP contribution in [-0.4, -0.2) is 39.2 Å². The normalized spacial score (nSPS) is 11.0. The Kier molecular flexibility index (Phi) is 7.31. The SMILES string of the molecule is CCOc1ccc(-n2c(SCC(=O)N/N=C/c3cccs3)nnc2-c2ccccc2)cc1. The van der Waals surface area contributed by atoms with Gasteiger partial charge in [-0.3, -0.25) is 9.36 Å². The molecule has 0 fully saturated rings. The number of carbonyl (C=O) groups excluding carboxylic acids is 1. The summed E-state index contributed by atoms with van der Waals surface area (Å²) >= 11 is 2.86. The van der Waals surface area contributed by atoms with E-state index in [0.29, 0.717) is 17.6 Å². The Balaban J connectivity index is 1.53. The van der Waals surface area contributed by atoms with Gasteiger partial charge >= 0.3 is 0 Å². The summed E-state index contributed by atoms with van der Waals surface area (Å²) in [5, 5.41) is 15.3. The number of aromatic nitrogens is 3. The van der Waals surface area contributed by atoms with Gasteiger partial charge in [-0.1, -0.05) is 48.2 Å². The third-order valence-electron chi connectivity index (χ3n) is 4.33. The third kappa shape index (κ3) is 5.43. The highest BCUT2D eigenvalue weighted by Crippen LogP contribution is 2.28. The Morgan fingerprint density at radius 2 is 1.94 bits per heavy atom. The predicted molar refractivity (Wildman–Crippen MR) is 129 cm³/mol. The number of amides is 1. The lowest BCUT2D eigenvalue weighted by atomic mass is 10.2. The van der Waals surface area contributed by atoms with Crippen LogP contribution in [0.5, 0.6) is 5.75 Å². The van der Waals surface area contributed by atoms with Gasteiger partial charge in [0.2, 0.25) is 0 Å². The van der Waals surface area contributed by atoms with Gasteiger partial charge in [-0.25, -0.2) is 5.43 Å². The zero-order chi connectivity index (χ0) is 22.2. The number of hydrogen-bond donors (Lipinski definition) is 1. The fraction of sp³-hybridized carbons (Fsp3) is 0.130. The van der Waals surface area contributed by atoms with Crippen LogP contribution in [0.15, 0.2) is 82.4 Å². The van der Waals surface area contributed by atoms with Crippen molar-refractivity contribution in [3.05, 3.63) is 77.0 Å². The average Bonchev–Trinajstić information content (AvgIpc) is 3.49. The molecule has 2 aromatic heterocycles. The van der Waals surface area contributed by atoms with E-state index in [1.54, 1.807) is 17.6 Å². The molecule has 7 nitrogen and oxygen atoms in total. The van der Waals surface area contributed by atoms with Crippen molar-refractivity contribution in [3.63, 3.8) is 0 Å². The van der Waals surface area contributed by atoms with Gasteiger partial charge in [-0.2, -0.15) is 5.10 Å². The lowest BCUT2D eigenvalue weighted by Gasteiger charge is -2.11. The van der Waals surface area contributed by atoms with Crippen molar-refractivity contribution in [2.45, 2.75) is 12.1 Å². The second kappa shape index (κ2) is 10.7. The maximum absolute atomic E-state index is 12.3. The van der Waals surface area contributed by atoms with Gasteiger partial charge < -0.3 is 4.74 Å². The molecular weight excluding hydrogens is 442 g/mol. The Bertz CT molecular complexity index is 1170. The molecule has 0 aliphatic heterocycles. The van der Waals surface area contributed by atoms with Gasteiger partial charge in [0.1, 0.15) is 5.75 Å². The molecule has 0 saturated heterocycles. The Labute approximate surface area is 194 Å². The van der Waals surface area contributed by atoms with Crippen molar-refractivity contribution >= 4 is 35.2 Å². The molecule has 0 radical (unpaired) electrons. The number of thioether (sulfide) groups is 1. The van der Waals surface area contributed by atoms with Crippen LogP contribution in [0.2, 0.25) is 0 Å².